The molecule has 0 bridgehead atoms. The number of rotatable bonds is 1. The monoisotopic (exact) mass is 257 g/mol. The van der Waals surface area contributed by atoms with Crippen molar-refractivity contribution in [1.82, 2.24) is 0 Å². The van der Waals surface area contributed by atoms with Gasteiger partial charge in [0.1, 0.15) is 0 Å². The van der Waals surface area contributed by atoms with Crippen molar-refractivity contribution in [2.45, 2.75) is 26.6 Å². The van der Waals surface area contributed by atoms with Gasteiger partial charge in [-0.3, -0.25) is 0 Å². The van der Waals surface area contributed by atoms with E-state index >= 15 is 0 Å². The van der Waals surface area contributed by atoms with Gasteiger partial charge in [-0.1, -0.05) is 32.6 Å². The maximum Gasteiger partial charge on any atom is 0.192 e. The lowest BCUT2D eigenvalue weighted by atomic mass is 10.1. The second kappa shape index (κ2) is 8.46. The van der Waals surface area contributed by atoms with Gasteiger partial charge in [0.05, 0.1) is 13.2 Å². The van der Waals surface area contributed by atoms with E-state index in [-0.39, 0.29) is 0 Å². The summed E-state index contributed by atoms with van der Waals surface area (Å²) in [5.74, 6) is -0.602. The minimum Gasteiger partial charge on any atom is -0.399 e. The molecule has 0 amide bonds. The summed E-state index contributed by atoms with van der Waals surface area (Å²) in [4.78, 5) is 0. The van der Waals surface area contributed by atoms with Crippen LogP contribution in [0.2, 0.25) is 0 Å². The first kappa shape index (κ1) is 16.4. The second-order valence-electron chi connectivity index (χ2n) is 3.27. The number of nitrogen functional groups attached to an aromatic ring is 1. The molecule has 1 aromatic carbocycles. The molecule has 3 nitrogen and oxygen atoms in total. The molecule has 1 aliphatic rings. The highest BCUT2D eigenvalue weighted by atomic mass is 31.0. The first-order valence-corrected chi connectivity index (χ1v) is 7.08. The fourth-order valence-electron chi connectivity index (χ4n) is 1.50. The van der Waals surface area contributed by atoms with Gasteiger partial charge in [0.15, 0.2) is 5.79 Å². The van der Waals surface area contributed by atoms with Crippen molar-refractivity contribution < 1.29 is 9.47 Å². The third-order valence-corrected chi connectivity index (χ3v) is 2.25. The summed E-state index contributed by atoms with van der Waals surface area (Å²) >= 11 is 0. The Morgan fingerprint density at radius 3 is 2.18 bits per heavy atom. The fraction of sp³-hybridized carbons (Fsp3) is 0.538. The van der Waals surface area contributed by atoms with Crippen LogP contribution in [-0.4, -0.2) is 19.9 Å². The van der Waals surface area contributed by atoms with Gasteiger partial charge >= 0.3 is 0 Å². The Balaban J connectivity index is 0.000000581. The van der Waals surface area contributed by atoms with Crippen molar-refractivity contribution in [2.24, 2.45) is 0 Å². The number of anilines is 1. The summed E-state index contributed by atoms with van der Waals surface area (Å²) in [7, 11) is 2.42. The zero-order valence-corrected chi connectivity index (χ0v) is 12.3. The molecule has 0 saturated carbocycles. The molecule has 17 heavy (non-hydrogen) atoms. The smallest absolute Gasteiger partial charge is 0.192 e. The SMILES string of the molecule is CC.CC1(c2cccc(N)c2)OCCO1.CP. The van der Waals surface area contributed by atoms with Crippen LogP contribution in [-0.2, 0) is 15.3 Å². The van der Waals surface area contributed by atoms with Crippen LogP contribution in [0.5, 0.6) is 0 Å². The number of hydrogen-bond acceptors (Lipinski definition) is 3. The largest absolute Gasteiger partial charge is 0.399 e. The Morgan fingerprint density at radius 1 is 1.18 bits per heavy atom. The van der Waals surface area contributed by atoms with Gasteiger partial charge in [0.2, 0.25) is 0 Å². The average Bonchev–Trinajstić information content (AvgIpc) is 2.83. The lowest BCUT2D eigenvalue weighted by molar-refractivity contribution is -0.149. The molecule has 1 atom stereocenters. The molecule has 1 aliphatic heterocycles. The van der Waals surface area contributed by atoms with Gasteiger partial charge in [0.25, 0.3) is 0 Å². The van der Waals surface area contributed by atoms with E-state index in [1.165, 1.54) is 0 Å². The van der Waals surface area contributed by atoms with Crippen LogP contribution in [0.25, 0.3) is 0 Å². The zero-order chi connectivity index (χ0) is 13.3. The van der Waals surface area contributed by atoms with Gasteiger partial charge < -0.3 is 15.2 Å². The number of benzene rings is 1. The molecule has 1 fully saturated rings. The first-order valence-electron chi connectivity index (χ1n) is 5.92. The van der Waals surface area contributed by atoms with Crippen molar-refractivity contribution in [3.05, 3.63) is 29.8 Å². The van der Waals surface area contributed by atoms with Crippen LogP contribution in [0.1, 0.15) is 26.3 Å². The predicted molar refractivity (Wildman–Crippen MR) is 77.1 cm³/mol. The van der Waals surface area contributed by atoms with E-state index in [1.807, 2.05) is 51.7 Å². The van der Waals surface area contributed by atoms with Crippen molar-refractivity contribution in [2.75, 3.05) is 25.6 Å². The molecule has 1 unspecified atom stereocenters. The summed E-state index contributed by atoms with van der Waals surface area (Å²) < 4.78 is 11.0. The lowest BCUT2D eigenvalue weighted by Gasteiger charge is -2.22. The highest BCUT2D eigenvalue weighted by molar-refractivity contribution is 7.15. The normalized spacial score (nSPS) is 16.3. The highest BCUT2D eigenvalue weighted by Crippen LogP contribution is 2.31. The molecule has 0 radical (unpaired) electrons. The maximum absolute atomic E-state index is 5.67. The summed E-state index contributed by atoms with van der Waals surface area (Å²) in [6.45, 7) is 9.12. The molecular weight excluding hydrogens is 233 g/mol. The number of ether oxygens (including phenoxy) is 2. The van der Waals surface area contributed by atoms with E-state index in [1.54, 1.807) is 0 Å². The van der Waals surface area contributed by atoms with Crippen LogP contribution >= 0.6 is 9.24 Å². The molecule has 0 spiro atoms. The molecular formula is C13H24NO2P. The molecule has 0 aromatic heterocycles. The lowest BCUT2D eigenvalue weighted by Crippen LogP contribution is -2.22. The van der Waals surface area contributed by atoms with Gasteiger partial charge in [-0.15, -0.1) is 9.24 Å². The number of nitrogens with two attached hydrogens (primary N) is 1. The second-order valence-corrected chi connectivity index (χ2v) is 3.27. The summed E-state index contributed by atoms with van der Waals surface area (Å²) in [5, 5.41) is 0. The van der Waals surface area contributed by atoms with E-state index < -0.39 is 5.79 Å². The predicted octanol–water partition coefficient (Wildman–Crippen LogP) is 3.01. The third-order valence-electron chi connectivity index (χ3n) is 2.25. The molecule has 1 saturated heterocycles. The Hall–Kier alpha value is -0.630. The molecule has 4 heteroatoms. The van der Waals surface area contributed by atoms with E-state index in [0.717, 1.165) is 11.3 Å². The standard InChI is InChI=1S/C10H13NO2.C2H6.CH5P/c1-10(12-5-6-13-10)8-3-2-4-9(11)7-8;2*1-2/h2-4,7H,5-6,11H2,1H3;1-2H3;2H2,1H3. The van der Waals surface area contributed by atoms with Crippen molar-refractivity contribution in [1.29, 1.82) is 0 Å². The van der Waals surface area contributed by atoms with Gasteiger partial charge in [-0.2, -0.15) is 0 Å². The summed E-state index contributed by atoms with van der Waals surface area (Å²) in [6, 6.07) is 7.59. The quantitative estimate of drug-likeness (QED) is 0.621. The van der Waals surface area contributed by atoms with Gasteiger partial charge in [0, 0.05) is 11.3 Å². The van der Waals surface area contributed by atoms with Gasteiger partial charge in [-0.25, -0.2) is 0 Å². The molecule has 2 N–H and O–H groups in total. The molecule has 0 aliphatic carbocycles. The Labute approximate surface area is 107 Å². The van der Waals surface area contributed by atoms with E-state index in [2.05, 4.69) is 9.24 Å². The molecule has 2 rings (SSSR count). The topological polar surface area (TPSA) is 44.5 Å². The van der Waals surface area contributed by atoms with E-state index in [0.29, 0.717) is 13.2 Å². The minimum atomic E-state index is -0.602. The van der Waals surface area contributed by atoms with Crippen LogP contribution < -0.4 is 5.73 Å². The zero-order valence-electron chi connectivity index (χ0n) is 11.2. The third kappa shape index (κ3) is 4.63. The van der Waals surface area contributed by atoms with Crippen LogP contribution in [0.4, 0.5) is 5.69 Å². The van der Waals surface area contributed by atoms with E-state index in [9.17, 15) is 0 Å². The van der Waals surface area contributed by atoms with Crippen molar-refractivity contribution in [3.63, 3.8) is 0 Å². The molecule has 1 aromatic rings. The van der Waals surface area contributed by atoms with Gasteiger partial charge in [-0.05, 0) is 19.1 Å². The number of hydrogen-bond donors (Lipinski definition) is 1. The fourth-order valence-corrected chi connectivity index (χ4v) is 1.50. The Bertz CT molecular complexity index is 312. The van der Waals surface area contributed by atoms with Crippen molar-refractivity contribution in [3.8, 4) is 0 Å². The average molecular weight is 257 g/mol. The maximum atomic E-state index is 5.67. The molecule has 1 heterocycles. The first-order chi connectivity index (χ1) is 8.21. The summed E-state index contributed by atoms with van der Waals surface area (Å²) in [6.07, 6.45) is 0. The van der Waals surface area contributed by atoms with Crippen molar-refractivity contribution >= 4 is 14.9 Å². The van der Waals surface area contributed by atoms with Crippen LogP contribution in [0.3, 0.4) is 0 Å². The Kier molecular flexibility index (Phi) is 8.15. The van der Waals surface area contributed by atoms with Crippen LogP contribution in [0, 0.1) is 0 Å². The van der Waals surface area contributed by atoms with E-state index in [4.69, 9.17) is 15.2 Å². The Morgan fingerprint density at radius 2 is 1.71 bits per heavy atom. The minimum absolute atomic E-state index is 0.602. The summed E-state index contributed by atoms with van der Waals surface area (Å²) in [5.41, 5.74) is 7.38. The van der Waals surface area contributed by atoms with Crippen LogP contribution in [0.15, 0.2) is 24.3 Å². The molecule has 98 valence electrons. The highest BCUT2D eigenvalue weighted by Gasteiger charge is 2.32.